The SMILES string of the molecule is CSc1c(CN)oc2ccccc12. The first-order valence-electron chi connectivity index (χ1n) is 4.11. The second kappa shape index (κ2) is 3.44. The molecule has 1 aromatic heterocycles. The largest absolute Gasteiger partial charge is 0.459 e. The first-order valence-corrected chi connectivity index (χ1v) is 5.33. The van der Waals surface area contributed by atoms with Crippen LogP contribution in [0.25, 0.3) is 11.0 Å². The summed E-state index contributed by atoms with van der Waals surface area (Å²) in [5.74, 6) is 0.883. The third kappa shape index (κ3) is 1.34. The lowest BCUT2D eigenvalue weighted by molar-refractivity contribution is 0.541. The van der Waals surface area contributed by atoms with Crippen molar-refractivity contribution in [3.63, 3.8) is 0 Å². The average Bonchev–Trinajstić information content (AvgIpc) is 2.55. The number of hydrogen-bond donors (Lipinski definition) is 1. The Bertz CT molecular complexity index is 422. The molecule has 0 aliphatic heterocycles. The highest BCUT2D eigenvalue weighted by molar-refractivity contribution is 7.98. The van der Waals surface area contributed by atoms with Crippen LogP contribution in [0.1, 0.15) is 5.76 Å². The first-order chi connectivity index (χ1) is 6.36. The van der Waals surface area contributed by atoms with Crippen LogP contribution in [0.15, 0.2) is 33.6 Å². The second-order valence-electron chi connectivity index (χ2n) is 2.76. The van der Waals surface area contributed by atoms with Crippen molar-refractivity contribution in [2.45, 2.75) is 11.4 Å². The second-order valence-corrected chi connectivity index (χ2v) is 3.58. The van der Waals surface area contributed by atoms with Gasteiger partial charge in [0, 0.05) is 5.39 Å². The fourth-order valence-corrected chi connectivity index (χ4v) is 2.17. The van der Waals surface area contributed by atoms with E-state index < -0.39 is 0 Å². The predicted molar refractivity (Wildman–Crippen MR) is 55.9 cm³/mol. The van der Waals surface area contributed by atoms with E-state index in [2.05, 4.69) is 6.07 Å². The molecule has 0 atom stereocenters. The van der Waals surface area contributed by atoms with E-state index >= 15 is 0 Å². The maximum atomic E-state index is 5.59. The Balaban J connectivity index is 2.73. The van der Waals surface area contributed by atoms with Gasteiger partial charge in [-0.05, 0) is 18.4 Å². The maximum absolute atomic E-state index is 5.59. The zero-order chi connectivity index (χ0) is 9.26. The molecule has 13 heavy (non-hydrogen) atoms. The van der Waals surface area contributed by atoms with Crippen molar-refractivity contribution in [1.29, 1.82) is 0 Å². The van der Waals surface area contributed by atoms with Gasteiger partial charge in [-0.3, -0.25) is 0 Å². The number of nitrogens with two attached hydrogens (primary N) is 1. The molecule has 0 unspecified atom stereocenters. The van der Waals surface area contributed by atoms with Crippen LogP contribution in [0.5, 0.6) is 0 Å². The smallest absolute Gasteiger partial charge is 0.135 e. The number of furan rings is 1. The van der Waals surface area contributed by atoms with Crippen molar-refractivity contribution in [3.8, 4) is 0 Å². The van der Waals surface area contributed by atoms with Crippen LogP contribution in [-0.4, -0.2) is 6.26 Å². The molecule has 1 heterocycles. The molecule has 0 amide bonds. The molecular formula is C10H11NOS. The number of fused-ring (bicyclic) bond motifs is 1. The van der Waals surface area contributed by atoms with Gasteiger partial charge in [0.1, 0.15) is 11.3 Å². The molecule has 68 valence electrons. The highest BCUT2D eigenvalue weighted by Crippen LogP contribution is 2.32. The highest BCUT2D eigenvalue weighted by Gasteiger charge is 2.10. The summed E-state index contributed by atoms with van der Waals surface area (Å²) in [7, 11) is 0. The molecule has 0 aliphatic carbocycles. The molecular weight excluding hydrogens is 182 g/mol. The fraction of sp³-hybridized carbons (Fsp3) is 0.200. The van der Waals surface area contributed by atoms with Gasteiger partial charge in [-0.1, -0.05) is 12.1 Å². The van der Waals surface area contributed by atoms with Crippen LogP contribution in [0, 0.1) is 0 Å². The van der Waals surface area contributed by atoms with E-state index in [1.165, 1.54) is 0 Å². The molecule has 0 fully saturated rings. The Morgan fingerprint density at radius 3 is 2.85 bits per heavy atom. The van der Waals surface area contributed by atoms with Crippen molar-refractivity contribution in [3.05, 3.63) is 30.0 Å². The van der Waals surface area contributed by atoms with Gasteiger partial charge < -0.3 is 10.2 Å². The summed E-state index contributed by atoms with van der Waals surface area (Å²) >= 11 is 1.68. The van der Waals surface area contributed by atoms with Crippen LogP contribution < -0.4 is 5.73 Å². The van der Waals surface area contributed by atoms with E-state index in [9.17, 15) is 0 Å². The van der Waals surface area contributed by atoms with E-state index in [0.29, 0.717) is 6.54 Å². The van der Waals surface area contributed by atoms with Gasteiger partial charge in [-0.2, -0.15) is 0 Å². The molecule has 2 rings (SSSR count). The van der Waals surface area contributed by atoms with Crippen molar-refractivity contribution < 1.29 is 4.42 Å². The molecule has 3 heteroatoms. The molecule has 1 aromatic carbocycles. The third-order valence-electron chi connectivity index (χ3n) is 2.01. The lowest BCUT2D eigenvalue weighted by Gasteiger charge is -1.93. The number of para-hydroxylation sites is 1. The van der Waals surface area contributed by atoms with Crippen LogP contribution in [0.3, 0.4) is 0 Å². The predicted octanol–water partition coefficient (Wildman–Crippen LogP) is 2.61. The van der Waals surface area contributed by atoms with Crippen molar-refractivity contribution >= 4 is 22.7 Å². The van der Waals surface area contributed by atoms with Crippen LogP contribution in [0.4, 0.5) is 0 Å². The molecule has 2 N–H and O–H groups in total. The third-order valence-corrected chi connectivity index (χ3v) is 2.86. The van der Waals surface area contributed by atoms with Crippen LogP contribution in [-0.2, 0) is 6.54 Å². The summed E-state index contributed by atoms with van der Waals surface area (Å²) in [6.45, 7) is 0.463. The normalized spacial score (nSPS) is 10.9. The van der Waals surface area contributed by atoms with Gasteiger partial charge in [0.05, 0.1) is 11.4 Å². The molecule has 0 spiro atoms. The Morgan fingerprint density at radius 2 is 2.15 bits per heavy atom. The molecule has 2 aromatic rings. The van der Waals surface area contributed by atoms with Gasteiger partial charge in [-0.15, -0.1) is 11.8 Å². The van der Waals surface area contributed by atoms with E-state index in [0.717, 1.165) is 21.6 Å². The van der Waals surface area contributed by atoms with Crippen LogP contribution >= 0.6 is 11.8 Å². The van der Waals surface area contributed by atoms with E-state index in [1.54, 1.807) is 11.8 Å². The zero-order valence-electron chi connectivity index (χ0n) is 7.41. The number of benzene rings is 1. The molecule has 0 saturated heterocycles. The summed E-state index contributed by atoms with van der Waals surface area (Å²) in [5.41, 5.74) is 6.51. The Labute approximate surface area is 81.1 Å². The lowest BCUT2D eigenvalue weighted by Crippen LogP contribution is -1.94. The minimum atomic E-state index is 0.463. The molecule has 0 radical (unpaired) electrons. The maximum Gasteiger partial charge on any atom is 0.135 e. The summed E-state index contributed by atoms with van der Waals surface area (Å²) in [4.78, 5) is 1.16. The summed E-state index contributed by atoms with van der Waals surface area (Å²) in [6, 6.07) is 8.01. The quantitative estimate of drug-likeness (QED) is 0.745. The summed E-state index contributed by atoms with van der Waals surface area (Å²) < 4.78 is 5.59. The van der Waals surface area contributed by atoms with Gasteiger partial charge in [0.25, 0.3) is 0 Å². The van der Waals surface area contributed by atoms with Gasteiger partial charge in [-0.25, -0.2) is 0 Å². The summed E-state index contributed by atoms with van der Waals surface area (Å²) in [5, 5.41) is 1.16. The molecule has 2 nitrogen and oxygen atoms in total. The van der Waals surface area contributed by atoms with E-state index in [-0.39, 0.29) is 0 Å². The Kier molecular flexibility index (Phi) is 2.29. The minimum absolute atomic E-state index is 0.463. The highest BCUT2D eigenvalue weighted by atomic mass is 32.2. The van der Waals surface area contributed by atoms with E-state index in [1.807, 2.05) is 24.5 Å². The number of thioether (sulfide) groups is 1. The van der Waals surface area contributed by atoms with Crippen molar-refractivity contribution in [2.75, 3.05) is 6.26 Å². The zero-order valence-corrected chi connectivity index (χ0v) is 8.23. The minimum Gasteiger partial charge on any atom is -0.459 e. The van der Waals surface area contributed by atoms with Gasteiger partial charge >= 0.3 is 0 Å². The Hall–Kier alpha value is -0.930. The first kappa shape index (κ1) is 8.66. The Morgan fingerprint density at radius 1 is 1.38 bits per heavy atom. The molecule has 0 bridgehead atoms. The van der Waals surface area contributed by atoms with E-state index in [4.69, 9.17) is 10.2 Å². The fourth-order valence-electron chi connectivity index (χ4n) is 1.43. The lowest BCUT2D eigenvalue weighted by atomic mass is 10.2. The van der Waals surface area contributed by atoms with Crippen molar-refractivity contribution in [1.82, 2.24) is 0 Å². The average molecular weight is 193 g/mol. The number of rotatable bonds is 2. The van der Waals surface area contributed by atoms with Crippen LogP contribution in [0.2, 0.25) is 0 Å². The molecule has 0 aliphatic rings. The van der Waals surface area contributed by atoms with Crippen molar-refractivity contribution in [2.24, 2.45) is 5.73 Å². The topological polar surface area (TPSA) is 39.2 Å². The monoisotopic (exact) mass is 193 g/mol. The van der Waals surface area contributed by atoms with Gasteiger partial charge in [0.2, 0.25) is 0 Å². The summed E-state index contributed by atoms with van der Waals surface area (Å²) in [6.07, 6.45) is 2.04. The van der Waals surface area contributed by atoms with Gasteiger partial charge in [0.15, 0.2) is 0 Å². The number of hydrogen-bond acceptors (Lipinski definition) is 3. The molecule has 0 saturated carbocycles. The standard InChI is InChI=1S/C10H11NOS/c1-13-10-7-4-2-3-5-8(7)12-9(10)6-11/h2-5H,6,11H2,1H3.